The highest BCUT2D eigenvalue weighted by Crippen LogP contribution is 2.19. The van der Waals surface area contributed by atoms with E-state index in [1.54, 1.807) is 18.3 Å². The van der Waals surface area contributed by atoms with E-state index < -0.39 is 30.5 Å². The molecule has 0 fully saturated rings. The maximum Gasteiger partial charge on any atom is 0.331 e. The Labute approximate surface area is 166 Å². The smallest absolute Gasteiger partial charge is 0.331 e. The molecule has 0 spiro atoms. The summed E-state index contributed by atoms with van der Waals surface area (Å²) in [6.45, 7) is -0.525. The zero-order chi connectivity index (χ0) is 20.6. The first kappa shape index (κ1) is 19.9. The molecule has 0 bridgehead atoms. The Bertz CT molecular complexity index is 1020. The fourth-order valence-electron chi connectivity index (χ4n) is 2.81. The standard InChI is InChI=1S/C21H20N2O6/c1-27-21(26)18(11-14-12-22-17-7-3-2-6-16(14)17)23-19(24)13-29-20(25)9-8-15-5-4-10-28-15/h2-10,12,18,22H,11,13H2,1H3,(H,23,24)/b9-8+/t18-/m1/s1. The van der Waals surface area contributed by atoms with Crippen molar-refractivity contribution < 1.29 is 28.3 Å². The van der Waals surface area contributed by atoms with Crippen molar-refractivity contribution in [1.29, 1.82) is 0 Å². The van der Waals surface area contributed by atoms with Crippen molar-refractivity contribution in [3.05, 3.63) is 66.3 Å². The van der Waals surface area contributed by atoms with Gasteiger partial charge >= 0.3 is 11.9 Å². The zero-order valence-corrected chi connectivity index (χ0v) is 15.7. The molecule has 29 heavy (non-hydrogen) atoms. The van der Waals surface area contributed by atoms with Gasteiger partial charge in [-0.05, 0) is 29.8 Å². The minimum absolute atomic E-state index is 0.231. The summed E-state index contributed by atoms with van der Waals surface area (Å²) in [7, 11) is 1.25. The number of hydrogen-bond acceptors (Lipinski definition) is 6. The normalized spacial score (nSPS) is 12.0. The van der Waals surface area contributed by atoms with Crippen LogP contribution in [0.3, 0.4) is 0 Å². The van der Waals surface area contributed by atoms with Crippen molar-refractivity contribution in [2.24, 2.45) is 0 Å². The highest BCUT2D eigenvalue weighted by molar-refractivity contribution is 5.90. The Balaban J connectivity index is 1.57. The molecule has 3 aromatic rings. The van der Waals surface area contributed by atoms with E-state index in [4.69, 9.17) is 13.9 Å². The molecule has 3 rings (SSSR count). The van der Waals surface area contributed by atoms with Gasteiger partial charge in [0.2, 0.25) is 0 Å². The highest BCUT2D eigenvalue weighted by atomic mass is 16.5. The summed E-state index contributed by atoms with van der Waals surface area (Å²) in [5.41, 5.74) is 1.78. The van der Waals surface area contributed by atoms with Crippen LogP contribution in [0.25, 0.3) is 17.0 Å². The van der Waals surface area contributed by atoms with E-state index >= 15 is 0 Å². The molecule has 2 aromatic heterocycles. The second kappa shape index (κ2) is 9.41. The number of rotatable bonds is 8. The maximum absolute atomic E-state index is 12.2. The number of furan rings is 1. The van der Waals surface area contributed by atoms with E-state index in [0.29, 0.717) is 5.76 Å². The number of nitrogens with one attached hydrogen (secondary N) is 2. The topological polar surface area (TPSA) is 111 Å². The lowest BCUT2D eigenvalue weighted by Crippen LogP contribution is -2.44. The predicted octanol–water partition coefficient (Wildman–Crippen LogP) is 2.22. The average molecular weight is 396 g/mol. The third-order valence-corrected chi connectivity index (χ3v) is 4.19. The molecule has 0 saturated heterocycles. The van der Waals surface area contributed by atoms with Gasteiger partial charge in [0.25, 0.3) is 5.91 Å². The van der Waals surface area contributed by atoms with Gasteiger partial charge in [0.1, 0.15) is 11.8 Å². The number of para-hydroxylation sites is 1. The Kier molecular flexibility index (Phi) is 6.47. The molecule has 150 valence electrons. The number of hydrogen-bond donors (Lipinski definition) is 2. The number of benzene rings is 1. The Morgan fingerprint density at radius 1 is 1.21 bits per heavy atom. The van der Waals surface area contributed by atoms with Crippen molar-refractivity contribution in [3.8, 4) is 0 Å². The number of carbonyl (C=O) groups excluding carboxylic acids is 3. The molecule has 2 N–H and O–H groups in total. The molecule has 1 atom stereocenters. The quantitative estimate of drug-likeness (QED) is 0.446. The largest absolute Gasteiger partial charge is 0.467 e. The van der Waals surface area contributed by atoms with E-state index in [0.717, 1.165) is 22.5 Å². The molecule has 2 heterocycles. The van der Waals surface area contributed by atoms with Crippen LogP contribution < -0.4 is 5.32 Å². The second-order valence-electron chi connectivity index (χ2n) is 6.16. The first-order valence-corrected chi connectivity index (χ1v) is 8.87. The fourth-order valence-corrected chi connectivity index (χ4v) is 2.81. The Hall–Kier alpha value is -3.81. The molecule has 0 unspecified atom stereocenters. The lowest BCUT2D eigenvalue weighted by Gasteiger charge is -2.16. The van der Waals surface area contributed by atoms with Crippen molar-refractivity contribution in [2.75, 3.05) is 13.7 Å². The van der Waals surface area contributed by atoms with Crippen LogP contribution in [0, 0.1) is 0 Å². The predicted molar refractivity (Wildman–Crippen MR) is 105 cm³/mol. The maximum atomic E-state index is 12.2. The summed E-state index contributed by atoms with van der Waals surface area (Å²) in [6.07, 6.45) is 6.06. The molecule has 1 aromatic carbocycles. The van der Waals surface area contributed by atoms with Crippen LogP contribution >= 0.6 is 0 Å². The Morgan fingerprint density at radius 3 is 2.79 bits per heavy atom. The zero-order valence-electron chi connectivity index (χ0n) is 15.7. The van der Waals surface area contributed by atoms with Gasteiger partial charge in [0.05, 0.1) is 13.4 Å². The molecule has 0 aliphatic rings. The molecule has 8 heteroatoms. The number of carbonyl (C=O) groups is 3. The SMILES string of the molecule is COC(=O)[C@@H](Cc1c[nH]c2ccccc12)NC(=O)COC(=O)/C=C/c1ccco1. The number of ether oxygens (including phenoxy) is 2. The van der Waals surface area contributed by atoms with Gasteiger partial charge in [-0.15, -0.1) is 0 Å². The van der Waals surface area contributed by atoms with Crippen LogP contribution in [-0.4, -0.2) is 42.6 Å². The van der Waals surface area contributed by atoms with Crippen molar-refractivity contribution in [3.63, 3.8) is 0 Å². The lowest BCUT2D eigenvalue weighted by molar-refractivity contribution is -0.147. The number of H-pyrrole nitrogens is 1. The molecular weight excluding hydrogens is 376 g/mol. The number of methoxy groups -OCH3 is 1. The monoisotopic (exact) mass is 396 g/mol. The lowest BCUT2D eigenvalue weighted by atomic mass is 10.0. The number of aromatic nitrogens is 1. The number of fused-ring (bicyclic) bond motifs is 1. The van der Waals surface area contributed by atoms with Crippen molar-refractivity contribution >= 4 is 34.8 Å². The Morgan fingerprint density at radius 2 is 2.03 bits per heavy atom. The van der Waals surface area contributed by atoms with Gasteiger partial charge in [-0.1, -0.05) is 18.2 Å². The first-order valence-electron chi connectivity index (χ1n) is 8.87. The summed E-state index contributed by atoms with van der Waals surface area (Å²) in [6, 6.07) is 10.1. The summed E-state index contributed by atoms with van der Waals surface area (Å²) >= 11 is 0. The van der Waals surface area contributed by atoms with Gasteiger partial charge in [0.15, 0.2) is 6.61 Å². The van der Waals surface area contributed by atoms with Crippen LogP contribution in [0.2, 0.25) is 0 Å². The number of amides is 1. The number of esters is 2. The van der Waals surface area contributed by atoms with Gasteiger partial charge in [-0.2, -0.15) is 0 Å². The van der Waals surface area contributed by atoms with E-state index in [-0.39, 0.29) is 6.42 Å². The summed E-state index contributed by atoms with van der Waals surface area (Å²) in [4.78, 5) is 39.1. The molecular formula is C21H20N2O6. The van der Waals surface area contributed by atoms with Crippen LogP contribution in [-0.2, 0) is 30.3 Å². The molecule has 0 aliphatic heterocycles. The second-order valence-corrected chi connectivity index (χ2v) is 6.16. The van der Waals surface area contributed by atoms with E-state index in [2.05, 4.69) is 10.3 Å². The fraction of sp³-hybridized carbons (Fsp3) is 0.190. The molecule has 8 nitrogen and oxygen atoms in total. The summed E-state index contributed by atoms with van der Waals surface area (Å²) in [5, 5.41) is 3.50. The summed E-state index contributed by atoms with van der Waals surface area (Å²) < 4.78 is 14.7. The van der Waals surface area contributed by atoms with Gasteiger partial charge in [0, 0.05) is 29.6 Å². The highest BCUT2D eigenvalue weighted by Gasteiger charge is 2.23. The first-order chi connectivity index (χ1) is 14.1. The minimum atomic E-state index is -0.913. The van der Waals surface area contributed by atoms with Crippen LogP contribution in [0.15, 0.2) is 59.4 Å². The van der Waals surface area contributed by atoms with E-state index in [1.807, 2.05) is 24.3 Å². The minimum Gasteiger partial charge on any atom is -0.467 e. The van der Waals surface area contributed by atoms with Crippen LogP contribution in [0.5, 0.6) is 0 Å². The number of aromatic amines is 1. The molecule has 0 saturated carbocycles. The van der Waals surface area contributed by atoms with E-state index in [9.17, 15) is 14.4 Å². The third-order valence-electron chi connectivity index (χ3n) is 4.19. The molecule has 0 aliphatic carbocycles. The molecule has 0 radical (unpaired) electrons. The average Bonchev–Trinajstić information content (AvgIpc) is 3.40. The van der Waals surface area contributed by atoms with Gasteiger partial charge < -0.3 is 24.2 Å². The van der Waals surface area contributed by atoms with Gasteiger partial charge in [-0.3, -0.25) is 4.79 Å². The van der Waals surface area contributed by atoms with Crippen LogP contribution in [0.1, 0.15) is 11.3 Å². The molecule has 1 amide bonds. The summed E-state index contributed by atoms with van der Waals surface area (Å²) in [5.74, 6) is -1.42. The van der Waals surface area contributed by atoms with Gasteiger partial charge in [-0.25, -0.2) is 9.59 Å². The third kappa shape index (κ3) is 5.35. The van der Waals surface area contributed by atoms with E-state index in [1.165, 1.54) is 19.4 Å². The van der Waals surface area contributed by atoms with Crippen LogP contribution in [0.4, 0.5) is 0 Å². The van der Waals surface area contributed by atoms with Crippen molar-refractivity contribution in [1.82, 2.24) is 10.3 Å². The van der Waals surface area contributed by atoms with Crippen molar-refractivity contribution in [2.45, 2.75) is 12.5 Å².